The summed E-state index contributed by atoms with van der Waals surface area (Å²) in [4.78, 5) is 10.6. The van der Waals surface area contributed by atoms with Gasteiger partial charge in [0.25, 0.3) is 0 Å². The number of nitrogens with one attached hydrogen (secondary N) is 1. The molecule has 0 saturated heterocycles. The van der Waals surface area contributed by atoms with Crippen LogP contribution in [0, 0.1) is 0 Å². The van der Waals surface area contributed by atoms with Gasteiger partial charge < -0.3 is 9.73 Å². The molecule has 0 radical (unpaired) electrons. The number of benzene rings is 8. The third-order valence-corrected chi connectivity index (χ3v) is 10.1. The van der Waals surface area contributed by atoms with Crippen molar-refractivity contribution in [3.8, 4) is 33.4 Å². The Kier molecular flexibility index (Phi) is 7.51. The van der Waals surface area contributed by atoms with Crippen molar-refractivity contribution in [1.82, 2.24) is 5.32 Å². The van der Waals surface area contributed by atoms with Gasteiger partial charge in [0.15, 0.2) is 5.84 Å². The summed E-state index contributed by atoms with van der Waals surface area (Å²) in [5.41, 5.74) is 11.5. The zero-order valence-corrected chi connectivity index (χ0v) is 28.8. The predicted molar refractivity (Wildman–Crippen MR) is 219 cm³/mol. The smallest absolute Gasteiger partial charge is 0.159 e. The Hall–Kier alpha value is -7.04. The third kappa shape index (κ3) is 5.77. The van der Waals surface area contributed by atoms with Crippen molar-refractivity contribution in [3.63, 3.8) is 0 Å². The molecule has 4 nitrogen and oxygen atoms in total. The minimum Gasteiger partial charge on any atom is -0.456 e. The second-order valence-electron chi connectivity index (χ2n) is 13.5. The average Bonchev–Trinajstić information content (AvgIpc) is 3.60. The van der Waals surface area contributed by atoms with Crippen LogP contribution in [0.3, 0.4) is 0 Å². The molecule has 8 aromatic carbocycles. The van der Waals surface area contributed by atoms with E-state index in [1.807, 2.05) is 18.2 Å². The molecule has 0 amide bonds. The molecule has 53 heavy (non-hydrogen) atoms. The van der Waals surface area contributed by atoms with Gasteiger partial charge in [-0.15, -0.1) is 0 Å². The SMILES string of the molecule is c1ccc(-c2ccc(C3=NC(c4ccc(-c5ccccc5)cc4)NC(c4cc(-c5ccccc5)cc5oc6cc7ccccc7cc6c45)=N3)cc2)cc1. The maximum Gasteiger partial charge on any atom is 0.159 e. The Labute approximate surface area is 307 Å². The van der Waals surface area contributed by atoms with E-state index in [-0.39, 0.29) is 6.17 Å². The summed E-state index contributed by atoms with van der Waals surface area (Å²) >= 11 is 0. The summed E-state index contributed by atoms with van der Waals surface area (Å²) in [5, 5.41) is 8.15. The van der Waals surface area contributed by atoms with Crippen LogP contribution in [0.2, 0.25) is 0 Å². The molecule has 1 atom stereocenters. The van der Waals surface area contributed by atoms with E-state index in [0.29, 0.717) is 5.84 Å². The Morgan fingerprint density at radius 1 is 0.434 bits per heavy atom. The van der Waals surface area contributed by atoms with Crippen molar-refractivity contribution in [1.29, 1.82) is 0 Å². The number of amidine groups is 2. The summed E-state index contributed by atoms with van der Waals surface area (Å²) < 4.78 is 6.67. The van der Waals surface area contributed by atoms with Crippen molar-refractivity contribution >= 4 is 44.4 Å². The van der Waals surface area contributed by atoms with Crippen LogP contribution >= 0.6 is 0 Å². The van der Waals surface area contributed by atoms with Gasteiger partial charge in [-0.1, -0.05) is 164 Å². The molecule has 1 aromatic heterocycles. The Morgan fingerprint density at radius 2 is 0.943 bits per heavy atom. The maximum absolute atomic E-state index is 6.67. The van der Waals surface area contributed by atoms with Crippen LogP contribution in [0.15, 0.2) is 202 Å². The van der Waals surface area contributed by atoms with E-state index >= 15 is 0 Å². The molecular formula is C49H33N3O. The normalized spacial score (nSPS) is 14.2. The zero-order valence-electron chi connectivity index (χ0n) is 28.8. The van der Waals surface area contributed by atoms with Crippen molar-refractivity contribution in [2.75, 3.05) is 0 Å². The van der Waals surface area contributed by atoms with Gasteiger partial charge in [-0.3, -0.25) is 0 Å². The highest BCUT2D eigenvalue weighted by atomic mass is 16.3. The minimum atomic E-state index is -0.370. The molecule has 250 valence electrons. The van der Waals surface area contributed by atoms with Crippen LogP contribution in [0.1, 0.15) is 22.9 Å². The van der Waals surface area contributed by atoms with Crippen LogP contribution < -0.4 is 5.32 Å². The van der Waals surface area contributed by atoms with Gasteiger partial charge in [-0.05, 0) is 74.0 Å². The van der Waals surface area contributed by atoms with E-state index < -0.39 is 0 Å². The molecular weight excluding hydrogens is 647 g/mol. The number of fused-ring (bicyclic) bond motifs is 4. The molecule has 0 aliphatic carbocycles. The van der Waals surface area contributed by atoms with Crippen molar-refractivity contribution in [3.05, 3.63) is 205 Å². The fourth-order valence-electron chi connectivity index (χ4n) is 7.39. The summed E-state index contributed by atoms with van der Waals surface area (Å²) in [6.07, 6.45) is -0.370. The van der Waals surface area contributed by atoms with E-state index in [2.05, 4.69) is 175 Å². The number of rotatable bonds is 6. The first kappa shape index (κ1) is 30.8. The third-order valence-electron chi connectivity index (χ3n) is 10.1. The second-order valence-corrected chi connectivity index (χ2v) is 13.5. The van der Waals surface area contributed by atoms with E-state index in [1.165, 1.54) is 11.1 Å². The fraction of sp³-hybridized carbons (Fsp3) is 0.0204. The average molecular weight is 680 g/mol. The molecule has 0 spiro atoms. The lowest BCUT2D eigenvalue weighted by atomic mass is 9.96. The number of hydrogen-bond acceptors (Lipinski definition) is 4. The van der Waals surface area contributed by atoms with Crippen LogP contribution in [-0.4, -0.2) is 11.7 Å². The Morgan fingerprint density at radius 3 is 1.57 bits per heavy atom. The first-order chi connectivity index (χ1) is 26.2. The predicted octanol–water partition coefficient (Wildman–Crippen LogP) is 12.2. The minimum absolute atomic E-state index is 0.370. The number of hydrogen-bond donors (Lipinski definition) is 1. The van der Waals surface area contributed by atoms with E-state index in [4.69, 9.17) is 14.4 Å². The lowest BCUT2D eigenvalue weighted by Crippen LogP contribution is -2.33. The summed E-state index contributed by atoms with van der Waals surface area (Å²) in [5.74, 6) is 1.42. The van der Waals surface area contributed by atoms with Crippen molar-refractivity contribution in [2.45, 2.75) is 6.17 Å². The molecule has 9 aromatic rings. The van der Waals surface area contributed by atoms with E-state index in [0.717, 1.165) is 77.5 Å². The second kappa shape index (κ2) is 12.9. The highest BCUT2D eigenvalue weighted by Crippen LogP contribution is 2.38. The molecule has 2 heterocycles. The van der Waals surface area contributed by atoms with E-state index in [9.17, 15) is 0 Å². The number of aliphatic imine (C=N–C) groups is 2. The van der Waals surface area contributed by atoms with Gasteiger partial charge in [0.05, 0.1) is 0 Å². The fourth-order valence-corrected chi connectivity index (χ4v) is 7.39. The Bertz CT molecular complexity index is 2820. The molecule has 1 N–H and O–H groups in total. The van der Waals surface area contributed by atoms with Gasteiger partial charge in [0.1, 0.15) is 23.2 Å². The van der Waals surface area contributed by atoms with Crippen molar-refractivity contribution < 1.29 is 4.42 Å². The van der Waals surface area contributed by atoms with Gasteiger partial charge >= 0.3 is 0 Å². The molecule has 0 saturated carbocycles. The quantitative estimate of drug-likeness (QED) is 0.190. The van der Waals surface area contributed by atoms with Gasteiger partial charge in [-0.25, -0.2) is 9.98 Å². The lowest BCUT2D eigenvalue weighted by molar-refractivity contribution is 0.668. The first-order valence-electron chi connectivity index (χ1n) is 17.9. The standard InChI is InChI=1S/C49H33N3O/c1-4-12-32(13-5-1)35-20-24-37(25-21-35)47-50-48(38-26-22-36(23-27-38)33-14-6-2-7-15-33)52-49(51-47)43-29-41(34-16-8-3-9-17-34)31-45-46(43)42-28-39-18-10-11-19-40(39)30-44(42)53-45/h1-31,47H,(H,50,51,52). The van der Waals surface area contributed by atoms with Gasteiger partial charge in [0, 0.05) is 21.9 Å². The maximum atomic E-state index is 6.67. The van der Waals surface area contributed by atoms with Gasteiger partial charge in [-0.2, -0.15) is 0 Å². The topological polar surface area (TPSA) is 49.9 Å². The van der Waals surface area contributed by atoms with Crippen LogP contribution in [-0.2, 0) is 0 Å². The largest absolute Gasteiger partial charge is 0.456 e. The lowest BCUT2D eigenvalue weighted by Gasteiger charge is -2.24. The molecule has 1 aliphatic rings. The van der Waals surface area contributed by atoms with Gasteiger partial charge in [0.2, 0.25) is 0 Å². The Balaban J connectivity index is 1.16. The van der Waals surface area contributed by atoms with Crippen molar-refractivity contribution in [2.24, 2.45) is 9.98 Å². The highest BCUT2D eigenvalue weighted by molar-refractivity contribution is 6.23. The molecule has 1 aliphatic heterocycles. The molecule has 1 unspecified atom stereocenters. The molecule has 0 fully saturated rings. The van der Waals surface area contributed by atoms with Crippen LogP contribution in [0.5, 0.6) is 0 Å². The van der Waals surface area contributed by atoms with E-state index in [1.54, 1.807) is 0 Å². The number of nitrogens with zero attached hydrogens (tertiary/aromatic N) is 2. The monoisotopic (exact) mass is 679 g/mol. The molecule has 4 heteroatoms. The summed E-state index contributed by atoms with van der Waals surface area (Å²) in [7, 11) is 0. The van der Waals surface area contributed by atoms with Crippen LogP contribution in [0.25, 0.3) is 66.1 Å². The van der Waals surface area contributed by atoms with Crippen LogP contribution in [0.4, 0.5) is 0 Å². The first-order valence-corrected chi connectivity index (χ1v) is 17.9. The molecule has 0 bridgehead atoms. The summed E-state index contributed by atoms with van der Waals surface area (Å²) in [6.45, 7) is 0. The number of furan rings is 1. The zero-order chi connectivity index (χ0) is 35.1. The summed E-state index contributed by atoms with van der Waals surface area (Å²) in [6, 6.07) is 65.8. The highest BCUT2D eigenvalue weighted by Gasteiger charge is 2.25. The molecule has 10 rings (SSSR count).